The molecule has 0 saturated carbocycles. The molecule has 2 saturated heterocycles. The summed E-state index contributed by atoms with van der Waals surface area (Å²) in [5.74, 6) is 0. The first-order valence-corrected chi connectivity index (χ1v) is 6.96. The summed E-state index contributed by atoms with van der Waals surface area (Å²) in [6.45, 7) is 0. The van der Waals surface area contributed by atoms with Crippen LogP contribution in [0, 0.1) is 11.3 Å². The van der Waals surface area contributed by atoms with Gasteiger partial charge in [-0.1, -0.05) is 12.2 Å². The summed E-state index contributed by atoms with van der Waals surface area (Å²) in [6, 6.07) is 5.37. The van der Waals surface area contributed by atoms with Crippen LogP contribution in [0.5, 0.6) is 0 Å². The number of hydrogen-bond donors (Lipinski definition) is 2. The van der Waals surface area contributed by atoms with Crippen LogP contribution in [0.2, 0.25) is 0 Å². The average molecular weight is 272 g/mol. The molecule has 3 rings (SSSR count). The zero-order valence-corrected chi connectivity index (χ0v) is 11.4. The number of nitrogens with one attached hydrogen (secondary N) is 1. The van der Waals surface area contributed by atoms with Crippen LogP contribution in [0.1, 0.15) is 36.8 Å². The summed E-state index contributed by atoms with van der Waals surface area (Å²) in [4.78, 5) is 4.54. The number of rotatable bonds is 2. The van der Waals surface area contributed by atoms with Gasteiger partial charge in [0.1, 0.15) is 4.99 Å². The fraction of sp³-hybridized carbons (Fsp3) is 0.500. The Bertz CT molecular complexity index is 551. The highest BCUT2D eigenvalue weighted by Crippen LogP contribution is 2.42. The summed E-state index contributed by atoms with van der Waals surface area (Å²) < 4.78 is 0. The van der Waals surface area contributed by atoms with E-state index in [0.29, 0.717) is 17.1 Å². The Hall–Kier alpha value is -1.51. The molecule has 2 aliphatic rings. The Morgan fingerprint density at radius 1 is 1.42 bits per heavy atom. The van der Waals surface area contributed by atoms with Crippen molar-refractivity contribution in [1.82, 2.24) is 10.3 Å². The quantitative estimate of drug-likeness (QED) is 0.796. The summed E-state index contributed by atoms with van der Waals surface area (Å²) in [7, 11) is 0. The Morgan fingerprint density at radius 3 is 2.68 bits per heavy atom. The molecule has 3 N–H and O–H groups in total. The smallest absolute Gasteiger partial charge is 0.105 e. The highest BCUT2D eigenvalue weighted by Gasteiger charge is 2.45. The summed E-state index contributed by atoms with van der Waals surface area (Å²) in [6.07, 6.45) is 7.47. The predicted octanol–water partition coefficient (Wildman–Crippen LogP) is 1.39. The molecule has 3 atom stereocenters. The van der Waals surface area contributed by atoms with Crippen LogP contribution in [-0.2, 0) is 5.41 Å². The topological polar surface area (TPSA) is 74.7 Å². The van der Waals surface area contributed by atoms with Gasteiger partial charge < -0.3 is 11.1 Å². The molecule has 4 nitrogen and oxygen atoms in total. The summed E-state index contributed by atoms with van der Waals surface area (Å²) in [5.41, 5.74) is 6.92. The van der Waals surface area contributed by atoms with Crippen LogP contribution in [0.15, 0.2) is 18.5 Å². The van der Waals surface area contributed by atoms with Gasteiger partial charge in [-0.25, -0.2) is 0 Å². The number of aromatic nitrogens is 1. The van der Waals surface area contributed by atoms with Gasteiger partial charge in [0.25, 0.3) is 0 Å². The highest BCUT2D eigenvalue weighted by atomic mass is 32.1. The SMILES string of the molecule is N#CC1(c2cncc(C(N)=S)c2)C[C@H]2CC[C@@H](C1)N2. The number of nitrogens with two attached hydrogens (primary N) is 1. The largest absolute Gasteiger partial charge is 0.389 e. The molecule has 19 heavy (non-hydrogen) atoms. The van der Waals surface area contributed by atoms with Crippen molar-refractivity contribution in [2.24, 2.45) is 5.73 Å². The van der Waals surface area contributed by atoms with Gasteiger partial charge in [0, 0.05) is 30.0 Å². The van der Waals surface area contributed by atoms with E-state index in [1.165, 1.54) is 0 Å². The molecule has 0 spiro atoms. The molecular formula is C14H16N4S. The maximum absolute atomic E-state index is 9.72. The molecule has 0 radical (unpaired) electrons. The van der Waals surface area contributed by atoms with E-state index in [-0.39, 0.29) is 0 Å². The first kappa shape index (κ1) is 12.5. The van der Waals surface area contributed by atoms with E-state index in [4.69, 9.17) is 18.0 Å². The normalized spacial score (nSPS) is 32.8. The average Bonchev–Trinajstić information content (AvgIpc) is 2.78. The fourth-order valence-corrected chi connectivity index (χ4v) is 3.49. The predicted molar refractivity (Wildman–Crippen MR) is 76.6 cm³/mol. The van der Waals surface area contributed by atoms with Crippen LogP contribution in [-0.4, -0.2) is 22.1 Å². The molecule has 0 aromatic carbocycles. The lowest BCUT2D eigenvalue weighted by atomic mass is 9.72. The zero-order valence-electron chi connectivity index (χ0n) is 10.6. The van der Waals surface area contributed by atoms with Gasteiger partial charge >= 0.3 is 0 Å². The van der Waals surface area contributed by atoms with Gasteiger partial charge in [-0.05, 0) is 37.3 Å². The van der Waals surface area contributed by atoms with E-state index in [0.717, 1.165) is 36.8 Å². The minimum Gasteiger partial charge on any atom is -0.389 e. The number of fused-ring (bicyclic) bond motifs is 2. The van der Waals surface area contributed by atoms with Crippen molar-refractivity contribution in [1.29, 1.82) is 5.26 Å². The van der Waals surface area contributed by atoms with Gasteiger partial charge in [-0.3, -0.25) is 4.98 Å². The monoisotopic (exact) mass is 272 g/mol. The van der Waals surface area contributed by atoms with Crippen LogP contribution < -0.4 is 11.1 Å². The molecule has 2 fully saturated rings. The minimum absolute atomic E-state index is 0.333. The molecule has 2 bridgehead atoms. The third-order valence-corrected chi connectivity index (χ3v) is 4.55. The van der Waals surface area contributed by atoms with Gasteiger partial charge in [-0.15, -0.1) is 0 Å². The Labute approximate surface area is 118 Å². The van der Waals surface area contributed by atoms with Crippen LogP contribution in [0.3, 0.4) is 0 Å². The van der Waals surface area contributed by atoms with Gasteiger partial charge in [0.15, 0.2) is 0 Å². The minimum atomic E-state index is -0.440. The van der Waals surface area contributed by atoms with Crippen molar-refractivity contribution in [3.05, 3.63) is 29.6 Å². The molecule has 5 heteroatoms. The van der Waals surface area contributed by atoms with Crippen molar-refractivity contribution in [3.63, 3.8) is 0 Å². The van der Waals surface area contributed by atoms with E-state index < -0.39 is 5.41 Å². The first-order chi connectivity index (χ1) is 9.13. The van der Waals surface area contributed by atoms with E-state index in [2.05, 4.69) is 16.4 Å². The van der Waals surface area contributed by atoms with Crippen LogP contribution >= 0.6 is 12.2 Å². The maximum Gasteiger partial charge on any atom is 0.105 e. The third-order valence-electron chi connectivity index (χ3n) is 4.31. The summed E-state index contributed by atoms with van der Waals surface area (Å²) in [5, 5.41) is 13.3. The number of nitrogens with zero attached hydrogens (tertiary/aromatic N) is 2. The molecule has 1 aromatic heterocycles. The Kier molecular flexibility index (Phi) is 3.00. The maximum atomic E-state index is 9.72. The highest BCUT2D eigenvalue weighted by molar-refractivity contribution is 7.80. The van der Waals surface area contributed by atoms with E-state index >= 15 is 0 Å². The third kappa shape index (κ3) is 2.11. The number of thiocarbonyl (C=S) groups is 1. The number of nitriles is 1. The van der Waals surface area contributed by atoms with E-state index in [9.17, 15) is 5.26 Å². The van der Waals surface area contributed by atoms with Gasteiger partial charge in [0.05, 0.1) is 11.5 Å². The molecule has 0 aliphatic carbocycles. The van der Waals surface area contributed by atoms with Crippen molar-refractivity contribution in [3.8, 4) is 6.07 Å². The fourth-order valence-electron chi connectivity index (χ4n) is 3.38. The Morgan fingerprint density at radius 2 is 2.11 bits per heavy atom. The number of piperidine rings is 1. The second kappa shape index (κ2) is 4.55. The molecule has 1 unspecified atom stereocenters. The van der Waals surface area contributed by atoms with Crippen molar-refractivity contribution in [2.45, 2.75) is 43.2 Å². The number of hydrogen-bond acceptors (Lipinski definition) is 4. The van der Waals surface area contributed by atoms with Crippen LogP contribution in [0.25, 0.3) is 0 Å². The molecule has 3 heterocycles. The van der Waals surface area contributed by atoms with E-state index in [1.54, 1.807) is 12.4 Å². The molecule has 1 aromatic rings. The van der Waals surface area contributed by atoms with Crippen LogP contribution in [0.4, 0.5) is 0 Å². The second-order valence-corrected chi connectivity index (χ2v) is 6.01. The Balaban J connectivity index is 2.01. The lowest BCUT2D eigenvalue weighted by molar-refractivity contribution is 0.304. The van der Waals surface area contributed by atoms with Crippen molar-refractivity contribution in [2.75, 3.05) is 0 Å². The lowest BCUT2D eigenvalue weighted by Crippen LogP contribution is -2.46. The summed E-state index contributed by atoms with van der Waals surface area (Å²) >= 11 is 5.00. The standard InChI is InChI=1S/C14H16N4S/c15-8-14(4-11-1-2-12(5-14)18-11)10-3-9(13(16)19)6-17-7-10/h3,6-7,11-12,18H,1-2,4-5H2,(H2,16,19)/t11-,12+,14?. The first-order valence-electron chi connectivity index (χ1n) is 6.55. The van der Waals surface area contributed by atoms with Gasteiger partial charge in [-0.2, -0.15) is 5.26 Å². The molecule has 2 aliphatic heterocycles. The van der Waals surface area contributed by atoms with E-state index in [1.807, 2.05) is 6.07 Å². The van der Waals surface area contributed by atoms with Crippen molar-refractivity contribution < 1.29 is 0 Å². The zero-order chi connectivity index (χ0) is 13.5. The van der Waals surface area contributed by atoms with Gasteiger partial charge in [0.2, 0.25) is 0 Å². The lowest BCUT2D eigenvalue weighted by Gasteiger charge is -2.36. The second-order valence-electron chi connectivity index (χ2n) is 5.57. The van der Waals surface area contributed by atoms with Crippen molar-refractivity contribution >= 4 is 17.2 Å². The number of pyridine rings is 1. The molecule has 0 amide bonds. The molecule has 98 valence electrons. The molecular weight excluding hydrogens is 256 g/mol.